The van der Waals surface area contributed by atoms with Gasteiger partial charge in [-0.1, -0.05) is 88.7 Å². The Morgan fingerprint density at radius 2 is 1.34 bits per heavy atom. The molecule has 0 saturated carbocycles. The first-order valence-electron chi connectivity index (χ1n) is 12.9. The van der Waals surface area contributed by atoms with Crippen LogP contribution in [0.1, 0.15) is 26.3 Å². The van der Waals surface area contributed by atoms with Gasteiger partial charge in [0.25, 0.3) is 5.91 Å². The molecule has 0 spiro atoms. The van der Waals surface area contributed by atoms with Crippen molar-refractivity contribution in [2.45, 2.75) is 0 Å². The van der Waals surface area contributed by atoms with Gasteiger partial charge >= 0.3 is 0 Å². The molecular formula is C34H23BrN4O2. The van der Waals surface area contributed by atoms with Crippen LogP contribution in [0.2, 0.25) is 0 Å². The Labute approximate surface area is 245 Å². The van der Waals surface area contributed by atoms with Crippen molar-refractivity contribution >= 4 is 55.8 Å². The van der Waals surface area contributed by atoms with Crippen molar-refractivity contribution in [3.05, 3.63) is 149 Å². The van der Waals surface area contributed by atoms with Crippen LogP contribution < -0.4 is 10.6 Å². The molecule has 198 valence electrons. The zero-order chi connectivity index (χ0) is 28.2. The zero-order valence-corrected chi connectivity index (χ0v) is 23.3. The number of hydrogen-bond donors (Lipinski definition) is 2. The lowest BCUT2D eigenvalue weighted by Gasteiger charge is -2.12. The number of hydrogen-bond acceptors (Lipinski definition) is 5. The average Bonchev–Trinajstić information content (AvgIpc) is 3.02. The summed E-state index contributed by atoms with van der Waals surface area (Å²) >= 11 is 3.55. The highest BCUT2D eigenvalue weighted by Gasteiger charge is 2.16. The van der Waals surface area contributed by atoms with E-state index in [4.69, 9.17) is 9.97 Å². The van der Waals surface area contributed by atoms with Gasteiger partial charge in [0.1, 0.15) is 0 Å². The summed E-state index contributed by atoms with van der Waals surface area (Å²) in [6, 6.07) is 38.9. The van der Waals surface area contributed by atoms with E-state index in [0.29, 0.717) is 28.3 Å². The van der Waals surface area contributed by atoms with E-state index in [1.807, 2.05) is 66.7 Å². The summed E-state index contributed by atoms with van der Waals surface area (Å²) in [4.78, 5) is 35.7. The lowest BCUT2D eigenvalue weighted by Crippen LogP contribution is -2.15. The molecular weight excluding hydrogens is 576 g/mol. The first kappa shape index (κ1) is 26.1. The predicted molar refractivity (Wildman–Crippen MR) is 167 cm³/mol. The van der Waals surface area contributed by atoms with Gasteiger partial charge in [0, 0.05) is 37.8 Å². The van der Waals surface area contributed by atoms with Crippen molar-refractivity contribution in [2.75, 3.05) is 10.6 Å². The molecule has 6 nitrogen and oxygen atoms in total. The number of nitrogens with zero attached hydrogens (tertiary/aromatic N) is 2. The minimum absolute atomic E-state index is 0.154. The first-order chi connectivity index (χ1) is 20.0. The number of anilines is 3. The number of para-hydroxylation sites is 1. The molecule has 6 aromatic rings. The summed E-state index contributed by atoms with van der Waals surface area (Å²) in [6.45, 7) is 0. The van der Waals surface area contributed by atoms with Crippen molar-refractivity contribution in [1.29, 1.82) is 0 Å². The van der Waals surface area contributed by atoms with Gasteiger partial charge in [0.05, 0.1) is 16.9 Å². The van der Waals surface area contributed by atoms with E-state index in [1.54, 1.807) is 60.7 Å². The number of benzene rings is 5. The van der Waals surface area contributed by atoms with Crippen LogP contribution in [0.15, 0.2) is 132 Å². The molecule has 0 unspecified atom stereocenters. The molecule has 5 aromatic carbocycles. The molecule has 1 heterocycles. The maximum absolute atomic E-state index is 13.1. The predicted octanol–water partition coefficient (Wildman–Crippen LogP) is 8.29. The van der Waals surface area contributed by atoms with Crippen LogP contribution in [0.4, 0.5) is 17.3 Å². The molecule has 0 bridgehead atoms. The van der Waals surface area contributed by atoms with Gasteiger partial charge in [0.2, 0.25) is 5.95 Å². The number of fused-ring (bicyclic) bond motifs is 1. The molecule has 7 heteroatoms. The van der Waals surface area contributed by atoms with E-state index in [9.17, 15) is 9.59 Å². The Kier molecular flexibility index (Phi) is 7.34. The van der Waals surface area contributed by atoms with Crippen LogP contribution in [-0.4, -0.2) is 21.7 Å². The van der Waals surface area contributed by atoms with E-state index in [1.165, 1.54) is 0 Å². The molecule has 1 amide bonds. The molecule has 41 heavy (non-hydrogen) atoms. The van der Waals surface area contributed by atoms with Gasteiger partial charge in [-0.25, -0.2) is 9.97 Å². The van der Waals surface area contributed by atoms with Crippen LogP contribution in [0.25, 0.3) is 22.2 Å². The van der Waals surface area contributed by atoms with Gasteiger partial charge in [-0.3, -0.25) is 9.59 Å². The number of nitrogens with one attached hydrogen (secondary N) is 2. The van der Waals surface area contributed by atoms with Gasteiger partial charge in [0.15, 0.2) is 5.78 Å². The molecule has 0 aliphatic heterocycles. The Morgan fingerprint density at radius 3 is 2.10 bits per heavy atom. The van der Waals surface area contributed by atoms with Crippen LogP contribution in [-0.2, 0) is 0 Å². The Hall–Kier alpha value is -5.14. The van der Waals surface area contributed by atoms with E-state index in [2.05, 4.69) is 26.6 Å². The average molecular weight is 599 g/mol. The molecule has 6 rings (SSSR count). The SMILES string of the molecule is O=C(Nc1ccccc1C(=O)c1ccccc1)c1ccc(Nc2nc(-c3ccccc3)c3cc(Br)ccc3n2)cc1. The van der Waals surface area contributed by atoms with Gasteiger partial charge < -0.3 is 10.6 Å². The minimum atomic E-state index is -0.316. The third kappa shape index (κ3) is 5.76. The highest BCUT2D eigenvalue weighted by atomic mass is 79.9. The third-order valence-corrected chi connectivity index (χ3v) is 7.06. The topological polar surface area (TPSA) is 84.0 Å². The third-order valence-electron chi connectivity index (χ3n) is 6.56. The van der Waals surface area contributed by atoms with E-state index in [-0.39, 0.29) is 11.7 Å². The molecule has 0 radical (unpaired) electrons. The zero-order valence-electron chi connectivity index (χ0n) is 21.7. The summed E-state index contributed by atoms with van der Waals surface area (Å²) in [5.41, 5.74) is 5.24. The monoisotopic (exact) mass is 598 g/mol. The molecule has 0 aliphatic rings. The van der Waals surface area contributed by atoms with Crippen molar-refractivity contribution in [3.63, 3.8) is 0 Å². The summed E-state index contributed by atoms with van der Waals surface area (Å²) in [6.07, 6.45) is 0. The normalized spacial score (nSPS) is 10.8. The highest BCUT2D eigenvalue weighted by molar-refractivity contribution is 9.10. The number of carbonyl (C=O) groups excluding carboxylic acids is 2. The number of aromatic nitrogens is 2. The summed E-state index contributed by atoms with van der Waals surface area (Å²) < 4.78 is 0.951. The van der Waals surface area contributed by atoms with Crippen molar-refractivity contribution in [2.24, 2.45) is 0 Å². The number of ketones is 1. The van der Waals surface area contributed by atoms with Gasteiger partial charge in [-0.2, -0.15) is 0 Å². The summed E-state index contributed by atoms with van der Waals surface area (Å²) in [5.74, 6) is -0.0216. The Morgan fingerprint density at radius 1 is 0.659 bits per heavy atom. The van der Waals surface area contributed by atoms with E-state index in [0.717, 1.165) is 32.3 Å². The number of amides is 1. The standard InChI is InChI=1S/C34H23BrN4O2/c35-25-17-20-30-28(21-25)31(22-9-3-1-4-10-22)39-34(38-30)36-26-18-15-24(16-19-26)33(41)37-29-14-8-7-13-27(29)32(40)23-11-5-2-6-12-23/h1-21H,(H,37,41)(H,36,38,39). The second-order valence-corrected chi connectivity index (χ2v) is 10.2. The molecule has 1 aromatic heterocycles. The lowest BCUT2D eigenvalue weighted by molar-refractivity contribution is 0.102. The largest absolute Gasteiger partial charge is 0.324 e. The van der Waals surface area contributed by atoms with Crippen LogP contribution >= 0.6 is 15.9 Å². The van der Waals surface area contributed by atoms with Crippen LogP contribution in [0, 0.1) is 0 Å². The molecule has 0 saturated heterocycles. The smallest absolute Gasteiger partial charge is 0.255 e. The van der Waals surface area contributed by atoms with E-state index >= 15 is 0 Å². The summed E-state index contributed by atoms with van der Waals surface area (Å²) in [5, 5.41) is 7.10. The summed E-state index contributed by atoms with van der Waals surface area (Å²) in [7, 11) is 0. The highest BCUT2D eigenvalue weighted by Crippen LogP contribution is 2.30. The quantitative estimate of drug-likeness (QED) is 0.181. The van der Waals surface area contributed by atoms with Gasteiger partial charge in [-0.05, 0) is 54.6 Å². The maximum Gasteiger partial charge on any atom is 0.255 e. The lowest BCUT2D eigenvalue weighted by atomic mass is 10.0. The molecule has 0 atom stereocenters. The van der Waals surface area contributed by atoms with Crippen molar-refractivity contribution in [1.82, 2.24) is 9.97 Å². The van der Waals surface area contributed by atoms with Crippen molar-refractivity contribution in [3.8, 4) is 11.3 Å². The minimum Gasteiger partial charge on any atom is -0.324 e. The second-order valence-electron chi connectivity index (χ2n) is 9.32. The Balaban J connectivity index is 1.23. The van der Waals surface area contributed by atoms with Crippen LogP contribution in [0.3, 0.4) is 0 Å². The molecule has 0 aliphatic carbocycles. The Bertz CT molecular complexity index is 1880. The maximum atomic E-state index is 13.1. The fraction of sp³-hybridized carbons (Fsp3) is 0. The first-order valence-corrected chi connectivity index (χ1v) is 13.7. The fourth-order valence-electron chi connectivity index (χ4n) is 4.54. The van der Waals surface area contributed by atoms with Crippen LogP contribution in [0.5, 0.6) is 0 Å². The molecule has 2 N–H and O–H groups in total. The number of carbonyl (C=O) groups is 2. The number of halogens is 1. The van der Waals surface area contributed by atoms with Crippen molar-refractivity contribution < 1.29 is 9.59 Å². The number of rotatable bonds is 7. The second kappa shape index (κ2) is 11.5. The molecule has 0 fully saturated rings. The fourth-order valence-corrected chi connectivity index (χ4v) is 4.90. The van der Waals surface area contributed by atoms with Gasteiger partial charge in [-0.15, -0.1) is 0 Å². The van der Waals surface area contributed by atoms with E-state index < -0.39 is 0 Å².